The minimum Gasteiger partial charge on any atom is -0.271 e. The molecule has 100 valence electrons. The molecule has 2 atom stereocenters. The van der Waals surface area contributed by atoms with Gasteiger partial charge in [0.25, 0.3) is 0 Å². The zero-order chi connectivity index (χ0) is 13.2. The molecule has 0 radical (unpaired) electrons. The van der Waals surface area contributed by atoms with E-state index in [4.69, 9.17) is 17.4 Å². The van der Waals surface area contributed by atoms with Crippen LogP contribution in [-0.4, -0.2) is 19.9 Å². The molecule has 18 heavy (non-hydrogen) atoms. The number of nitrogens with one attached hydrogen (secondary N) is 1. The van der Waals surface area contributed by atoms with E-state index in [-0.39, 0.29) is 17.7 Å². The van der Waals surface area contributed by atoms with E-state index in [1.165, 1.54) is 0 Å². The number of hydrogen-bond acceptors (Lipinski definition) is 4. The van der Waals surface area contributed by atoms with Gasteiger partial charge in [0, 0.05) is 11.1 Å². The zero-order valence-electron chi connectivity index (χ0n) is 9.97. The molecule has 1 fully saturated rings. The van der Waals surface area contributed by atoms with E-state index in [0.717, 1.165) is 18.4 Å². The van der Waals surface area contributed by atoms with Crippen LogP contribution in [0.25, 0.3) is 0 Å². The summed E-state index contributed by atoms with van der Waals surface area (Å²) < 4.78 is 22.8. The fourth-order valence-corrected chi connectivity index (χ4v) is 4.39. The molecule has 1 aromatic carbocycles. The molecule has 1 aliphatic heterocycles. The van der Waals surface area contributed by atoms with Crippen molar-refractivity contribution in [2.24, 2.45) is 11.8 Å². The second-order valence-electron chi connectivity index (χ2n) is 4.78. The summed E-state index contributed by atoms with van der Waals surface area (Å²) in [6, 6.07) is 7.42. The van der Waals surface area contributed by atoms with Crippen molar-refractivity contribution < 1.29 is 8.42 Å². The van der Waals surface area contributed by atoms with Gasteiger partial charge < -0.3 is 0 Å². The molecule has 0 spiro atoms. The summed E-state index contributed by atoms with van der Waals surface area (Å²) in [4.78, 5) is 0. The smallest absolute Gasteiger partial charge is 0.150 e. The number of nitrogens with two attached hydrogens (primary N) is 1. The lowest BCUT2D eigenvalue weighted by molar-refractivity contribution is 0.421. The van der Waals surface area contributed by atoms with E-state index in [9.17, 15) is 8.42 Å². The van der Waals surface area contributed by atoms with Gasteiger partial charge in [-0.3, -0.25) is 11.3 Å². The molecule has 1 heterocycles. The Morgan fingerprint density at radius 1 is 1.39 bits per heavy atom. The van der Waals surface area contributed by atoms with Crippen molar-refractivity contribution in [3.05, 3.63) is 34.9 Å². The molecule has 4 nitrogen and oxygen atoms in total. The van der Waals surface area contributed by atoms with Gasteiger partial charge in [-0.15, -0.1) is 0 Å². The van der Waals surface area contributed by atoms with Crippen molar-refractivity contribution in [3.8, 4) is 0 Å². The summed E-state index contributed by atoms with van der Waals surface area (Å²) in [6.07, 6.45) is 1.46. The number of sulfone groups is 1. The molecule has 1 aliphatic rings. The maximum absolute atomic E-state index is 11.4. The third-order valence-electron chi connectivity index (χ3n) is 3.37. The normalized spacial score (nSPS) is 24.0. The van der Waals surface area contributed by atoms with Crippen LogP contribution in [0.1, 0.15) is 24.4 Å². The van der Waals surface area contributed by atoms with E-state index in [1.54, 1.807) is 0 Å². The monoisotopic (exact) mass is 288 g/mol. The van der Waals surface area contributed by atoms with Crippen LogP contribution in [0.4, 0.5) is 0 Å². The summed E-state index contributed by atoms with van der Waals surface area (Å²) in [5, 5.41) is 0.679. The maximum Gasteiger partial charge on any atom is 0.150 e. The van der Waals surface area contributed by atoms with Crippen molar-refractivity contribution >= 4 is 21.4 Å². The van der Waals surface area contributed by atoms with Crippen LogP contribution in [0.5, 0.6) is 0 Å². The van der Waals surface area contributed by atoms with E-state index >= 15 is 0 Å². The van der Waals surface area contributed by atoms with Gasteiger partial charge in [-0.05, 0) is 36.5 Å². The fourth-order valence-electron chi connectivity index (χ4n) is 2.39. The first-order chi connectivity index (χ1) is 8.50. The number of benzene rings is 1. The third kappa shape index (κ3) is 3.45. The molecule has 0 bridgehead atoms. The van der Waals surface area contributed by atoms with E-state index < -0.39 is 9.84 Å². The Labute approximate surface area is 112 Å². The highest BCUT2D eigenvalue weighted by Crippen LogP contribution is 2.29. The third-order valence-corrected chi connectivity index (χ3v) is 5.46. The van der Waals surface area contributed by atoms with Gasteiger partial charge in [-0.25, -0.2) is 8.42 Å². The van der Waals surface area contributed by atoms with E-state index in [1.807, 2.05) is 24.3 Å². The van der Waals surface area contributed by atoms with Crippen LogP contribution in [-0.2, 0) is 9.84 Å². The van der Waals surface area contributed by atoms with Gasteiger partial charge in [0.15, 0.2) is 9.84 Å². The summed E-state index contributed by atoms with van der Waals surface area (Å²) in [7, 11) is -2.83. The van der Waals surface area contributed by atoms with Crippen molar-refractivity contribution in [1.82, 2.24) is 5.43 Å². The molecule has 6 heteroatoms. The molecule has 1 saturated heterocycles. The Hall–Kier alpha value is -0.620. The summed E-state index contributed by atoms with van der Waals surface area (Å²) >= 11 is 5.84. The lowest BCUT2D eigenvalue weighted by Crippen LogP contribution is -2.30. The largest absolute Gasteiger partial charge is 0.271 e. The Bertz CT molecular complexity index is 501. The first-order valence-corrected chi connectivity index (χ1v) is 8.12. The van der Waals surface area contributed by atoms with Crippen molar-refractivity contribution in [1.29, 1.82) is 0 Å². The minimum atomic E-state index is -2.83. The van der Waals surface area contributed by atoms with Crippen LogP contribution in [0, 0.1) is 5.92 Å². The molecule has 3 N–H and O–H groups in total. The number of hydrogen-bond donors (Lipinski definition) is 2. The lowest BCUT2D eigenvalue weighted by atomic mass is 9.95. The van der Waals surface area contributed by atoms with Crippen LogP contribution in [0.3, 0.4) is 0 Å². The SMILES string of the molecule is NNC(CC1CCS(=O)(=O)C1)c1ccc(Cl)cc1. The quantitative estimate of drug-likeness (QED) is 0.653. The molecule has 2 unspecified atom stereocenters. The predicted molar refractivity (Wildman–Crippen MR) is 72.9 cm³/mol. The molecule has 0 saturated carbocycles. The summed E-state index contributed by atoms with van der Waals surface area (Å²) in [5.41, 5.74) is 3.79. The van der Waals surface area contributed by atoms with E-state index in [0.29, 0.717) is 10.8 Å². The first kappa shape index (κ1) is 13.8. The van der Waals surface area contributed by atoms with Crippen LogP contribution < -0.4 is 11.3 Å². The molecule has 1 aromatic rings. The molecular formula is C12H17ClN2O2S. The zero-order valence-corrected chi connectivity index (χ0v) is 11.5. The average Bonchev–Trinajstić information content (AvgIpc) is 2.67. The van der Waals surface area contributed by atoms with Gasteiger partial charge in [-0.2, -0.15) is 0 Å². The molecule has 0 amide bonds. The Balaban J connectivity index is 2.04. The highest BCUT2D eigenvalue weighted by molar-refractivity contribution is 7.91. The van der Waals surface area contributed by atoms with Gasteiger partial charge in [0.1, 0.15) is 0 Å². The van der Waals surface area contributed by atoms with Crippen LogP contribution >= 0.6 is 11.6 Å². The maximum atomic E-state index is 11.4. The summed E-state index contributed by atoms with van der Waals surface area (Å²) in [6.45, 7) is 0. The van der Waals surface area contributed by atoms with Crippen molar-refractivity contribution in [3.63, 3.8) is 0 Å². The topological polar surface area (TPSA) is 72.2 Å². The molecular weight excluding hydrogens is 272 g/mol. The highest BCUT2D eigenvalue weighted by Gasteiger charge is 2.29. The van der Waals surface area contributed by atoms with Crippen molar-refractivity contribution in [2.45, 2.75) is 18.9 Å². The Kier molecular flexibility index (Phi) is 4.27. The number of halogens is 1. The average molecular weight is 289 g/mol. The Morgan fingerprint density at radius 2 is 2.06 bits per heavy atom. The van der Waals surface area contributed by atoms with Gasteiger partial charge in [0.05, 0.1) is 11.5 Å². The highest BCUT2D eigenvalue weighted by atomic mass is 35.5. The standard InChI is InChI=1S/C12H17ClN2O2S/c13-11-3-1-10(2-4-11)12(15-14)7-9-5-6-18(16,17)8-9/h1-4,9,12,15H,5-8,14H2. The number of rotatable bonds is 4. The fraction of sp³-hybridized carbons (Fsp3) is 0.500. The molecule has 0 aliphatic carbocycles. The molecule has 0 aromatic heterocycles. The second kappa shape index (κ2) is 5.57. The van der Waals surface area contributed by atoms with Crippen LogP contribution in [0.15, 0.2) is 24.3 Å². The number of hydrazine groups is 1. The van der Waals surface area contributed by atoms with Gasteiger partial charge in [0.2, 0.25) is 0 Å². The Morgan fingerprint density at radius 3 is 2.56 bits per heavy atom. The summed E-state index contributed by atoms with van der Waals surface area (Å²) in [5.74, 6) is 6.32. The van der Waals surface area contributed by atoms with E-state index in [2.05, 4.69) is 5.43 Å². The van der Waals surface area contributed by atoms with Gasteiger partial charge in [-0.1, -0.05) is 23.7 Å². The second-order valence-corrected chi connectivity index (χ2v) is 7.44. The van der Waals surface area contributed by atoms with Crippen molar-refractivity contribution in [2.75, 3.05) is 11.5 Å². The molecule has 2 rings (SSSR count). The van der Waals surface area contributed by atoms with Gasteiger partial charge >= 0.3 is 0 Å². The lowest BCUT2D eigenvalue weighted by Gasteiger charge is -2.19. The minimum absolute atomic E-state index is 0.0273. The first-order valence-electron chi connectivity index (χ1n) is 5.92. The predicted octanol–water partition coefficient (Wildman–Crippen LogP) is 1.67. The van der Waals surface area contributed by atoms with Crippen LogP contribution in [0.2, 0.25) is 5.02 Å².